The van der Waals surface area contributed by atoms with E-state index in [4.69, 9.17) is 21.1 Å². The number of carboxylic acid groups (broad SMARTS) is 1. The van der Waals surface area contributed by atoms with Gasteiger partial charge in [0.05, 0.1) is 18.2 Å². The number of rotatable bonds is 3. The minimum atomic E-state index is -0.757. The lowest BCUT2D eigenvalue weighted by Crippen LogP contribution is -2.35. The van der Waals surface area contributed by atoms with E-state index in [1.54, 1.807) is 0 Å². The van der Waals surface area contributed by atoms with Crippen molar-refractivity contribution in [2.75, 3.05) is 19.8 Å². The molecule has 1 aromatic rings. The molecule has 21 heavy (non-hydrogen) atoms. The van der Waals surface area contributed by atoms with Gasteiger partial charge in [0.2, 0.25) is 0 Å². The van der Waals surface area contributed by atoms with Crippen molar-refractivity contribution < 1.29 is 19.4 Å². The van der Waals surface area contributed by atoms with E-state index in [9.17, 15) is 9.90 Å². The molecule has 5 nitrogen and oxygen atoms in total. The van der Waals surface area contributed by atoms with Gasteiger partial charge in [0.25, 0.3) is 0 Å². The molecule has 0 amide bonds. The maximum Gasteiger partial charge on any atom is 0.320 e. The number of hydrogen-bond donors (Lipinski definition) is 1. The summed E-state index contributed by atoms with van der Waals surface area (Å²) in [6.45, 7) is 2.56. The number of carboxylic acids is 1. The van der Waals surface area contributed by atoms with Crippen LogP contribution in [0.3, 0.4) is 0 Å². The smallest absolute Gasteiger partial charge is 0.320 e. The molecule has 0 aliphatic carbocycles. The SMILES string of the molecule is O=C(O)[C@@H]1CCCN1Cc1cc(Cl)c2c(c1)OCCCO2. The van der Waals surface area contributed by atoms with Crippen LogP contribution in [0.2, 0.25) is 5.02 Å². The summed E-state index contributed by atoms with van der Waals surface area (Å²) in [5.41, 5.74) is 0.956. The van der Waals surface area contributed by atoms with Crippen molar-refractivity contribution in [3.8, 4) is 11.5 Å². The topological polar surface area (TPSA) is 59.0 Å². The lowest BCUT2D eigenvalue weighted by Gasteiger charge is -2.21. The highest BCUT2D eigenvalue weighted by Gasteiger charge is 2.30. The summed E-state index contributed by atoms with van der Waals surface area (Å²) in [6.07, 6.45) is 2.44. The summed E-state index contributed by atoms with van der Waals surface area (Å²) in [5, 5.41) is 9.76. The largest absolute Gasteiger partial charge is 0.489 e. The molecule has 3 rings (SSSR count). The second kappa shape index (κ2) is 6.12. The zero-order valence-electron chi connectivity index (χ0n) is 11.7. The van der Waals surface area contributed by atoms with Crippen LogP contribution in [0.1, 0.15) is 24.8 Å². The fourth-order valence-electron chi connectivity index (χ4n) is 2.91. The molecule has 6 heteroatoms. The standard InChI is InChI=1S/C15H18ClNO4/c16-11-7-10(8-13-14(11)21-6-2-5-20-13)9-17-4-1-3-12(17)15(18)19/h7-8,12H,1-6,9H2,(H,18,19)/t12-/m0/s1. The fourth-order valence-corrected chi connectivity index (χ4v) is 3.19. The quantitative estimate of drug-likeness (QED) is 0.929. The maximum atomic E-state index is 11.2. The molecule has 2 aliphatic rings. The van der Waals surface area contributed by atoms with Crippen LogP contribution in [-0.4, -0.2) is 41.8 Å². The fraction of sp³-hybridized carbons (Fsp3) is 0.533. The summed E-state index contributed by atoms with van der Waals surface area (Å²) in [7, 11) is 0. The molecule has 1 saturated heterocycles. The summed E-state index contributed by atoms with van der Waals surface area (Å²) in [5.74, 6) is 0.489. The lowest BCUT2D eigenvalue weighted by atomic mass is 10.1. The Kier molecular flexibility index (Phi) is 4.22. The van der Waals surface area contributed by atoms with Gasteiger partial charge in [-0.1, -0.05) is 11.6 Å². The molecule has 0 unspecified atom stereocenters. The van der Waals surface area contributed by atoms with Gasteiger partial charge in [0.15, 0.2) is 11.5 Å². The van der Waals surface area contributed by atoms with Gasteiger partial charge in [-0.25, -0.2) is 0 Å². The van der Waals surface area contributed by atoms with Gasteiger partial charge in [-0.05, 0) is 37.1 Å². The van der Waals surface area contributed by atoms with Crippen LogP contribution in [0.15, 0.2) is 12.1 Å². The van der Waals surface area contributed by atoms with E-state index in [1.807, 2.05) is 17.0 Å². The van der Waals surface area contributed by atoms with Gasteiger partial charge in [-0.3, -0.25) is 9.69 Å². The number of nitrogens with zero attached hydrogens (tertiary/aromatic N) is 1. The Morgan fingerprint density at radius 2 is 2.14 bits per heavy atom. The molecule has 114 valence electrons. The second-order valence-electron chi connectivity index (χ2n) is 5.42. The number of fused-ring (bicyclic) bond motifs is 1. The lowest BCUT2D eigenvalue weighted by molar-refractivity contribution is -0.142. The van der Waals surface area contributed by atoms with Crippen molar-refractivity contribution in [1.29, 1.82) is 0 Å². The van der Waals surface area contributed by atoms with E-state index < -0.39 is 12.0 Å². The third kappa shape index (κ3) is 3.09. The molecule has 0 saturated carbocycles. The van der Waals surface area contributed by atoms with Crippen LogP contribution in [0.4, 0.5) is 0 Å². The van der Waals surface area contributed by atoms with Crippen molar-refractivity contribution in [1.82, 2.24) is 4.90 Å². The Morgan fingerprint density at radius 3 is 2.95 bits per heavy atom. The average molecular weight is 312 g/mol. The van der Waals surface area contributed by atoms with Crippen LogP contribution in [0.25, 0.3) is 0 Å². The van der Waals surface area contributed by atoms with E-state index in [-0.39, 0.29) is 0 Å². The Balaban J connectivity index is 1.81. The van der Waals surface area contributed by atoms with Crippen LogP contribution in [0.5, 0.6) is 11.5 Å². The molecule has 0 bridgehead atoms. The molecule has 1 N–H and O–H groups in total. The van der Waals surface area contributed by atoms with Gasteiger partial charge in [0, 0.05) is 13.0 Å². The Labute approximate surface area is 128 Å². The summed E-state index contributed by atoms with van der Waals surface area (Å²) < 4.78 is 11.3. The highest BCUT2D eigenvalue weighted by Crippen LogP contribution is 2.38. The number of ether oxygens (including phenoxy) is 2. The first kappa shape index (κ1) is 14.5. The summed E-state index contributed by atoms with van der Waals surface area (Å²) in [4.78, 5) is 13.2. The van der Waals surface area contributed by atoms with E-state index >= 15 is 0 Å². The molecule has 2 aliphatic heterocycles. The minimum absolute atomic E-state index is 0.403. The van der Waals surface area contributed by atoms with E-state index in [0.29, 0.717) is 42.7 Å². The molecule has 2 heterocycles. The van der Waals surface area contributed by atoms with E-state index in [2.05, 4.69) is 0 Å². The zero-order valence-corrected chi connectivity index (χ0v) is 12.4. The number of aliphatic carboxylic acids is 1. The number of hydrogen-bond acceptors (Lipinski definition) is 4. The Bertz CT molecular complexity index is 549. The Hall–Kier alpha value is -1.46. The number of likely N-dealkylation sites (tertiary alicyclic amines) is 1. The molecule has 1 fully saturated rings. The van der Waals surface area contributed by atoms with Gasteiger partial charge in [-0.15, -0.1) is 0 Å². The third-order valence-electron chi connectivity index (χ3n) is 3.90. The normalized spacial score (nSPS) is 22.0. The van der Waals surface area contributed by atoms with Crippen molar-refractivity contribution in [2.45, 2.75) is 31.8 Å². The first-order valence-corrected chi connectivity index (χ1v) is 7.58. The van der Waals surface area contributed by atoms with Crippen molar-refractivity contribution in [2.24, 2.45) is 0 Å². The van der Waals surface area contributed by atoms with Crippen molar-refractivity contribution >= 4 is 17.6 Å². The maximum absolute atomic E-state index is 11.2. The van der Waals surface area contributed by atoms with Crippen molar-refractivity contribution in [3.63, 3.8) is 0 Å². The summed E-state index contributed by atoms with van der Waals surface area (Å²) in [6, 6.07) is 3.34. The number of carbonyl (C=O) groups is 1. The molecular weight excluding hydrogens is 294 g/mol. The predicted octanol–water partition coefficient (Wildman–Crippen LogP) is 2.55. The van der Waals surface area contributed by atoms with Gasteiger partial charge >= 0.3 is 5.97 Å². The second-order valence-corrected chi connectivity index (χ2v) is 5.83. The van der Waals surface area contributed by atoms with Crippen LogP contribution >= 0.6 is 11.6 Å². The predicted molar refractivity (Wildman–Crippen MR) is 78.1 cm³/mol. The van der Waals surface area contributed by atoms with Crippen LogP contribution < -0.4 is 9.47 Å². The first-order valence-electron chi connectivity index (χ1n) is 7.20. The molecule has 1 aromatic carbocycles. The molecule has 0 spiro atoms. The van der Waals surface area contributed by atoms with Crippen LogP contribution in [-0.2, 0) is 11.3 Å². The average Bonchev–Trinajstić information content (AvgIpc) is 2.76. The highest BCUT2D eigenvalue weighted by molar-refractivity contribution is 6.32. The highest BCUT2D eigenvalue weighted by atomic mass is 35.5. The van der Waals surface area contributed by atoms with Gasteiger partial charge in [0.1, 0.15) is 6.04 Å². The monoisotopic (exact) mass is 311 g/mol. The van der Waals surface area contributed by atoms with E-state index in [1.165, 1.54) is 0 Å². The molecule has 0 radical (unpaired) electrons. The molecular formula is C15H18ClNO4. The third-order valence-corrected chi connectivity index (χ3v) is 4.18. The molecule has 0 aromatic heterocycles. The zero-order chi connectivity index (χ0) is 14.8. The van der Waals surface area contributed by atoms with Gasteiger partial charge in [-0.2, -0.15) is 0 Å². The van der Waals surface area contributed by atoms with Crippen LogP contribution in [0, 0.1) is 0 Å². The van der Waals surface area contributed by atoms with E-state index in [0.717, 1.165) is 24.9 Å². The number of halogens is 1. The Morgan fingerprint density at radius 1 is 1.33 bits per heavy atom. The number of benzene rings is 1. The summed E-state index contributed by atoms with van der Waals surface area (Å²) >= 11 is 6.26. The van der Waals surface area contributed by atoms with Crippen molar-refractivity contribution in [3.05, 3.63) is 22.7 Å². The first-order chi connectivity index (χ1) is 10.1. The minimum Gasteiger partial charge on any atom is -0.489 e. The molecule has 1 atom stereocenters. The van der Waals surface area contributed by atoms with Gasteiger partial charge < -0.3 is 14.6 Å².